The van der Waals surface area contributed by atoms with Gasteiger partial charge in [-0.2, -0.15) is 5.26 Å². The number of hydrogen-bond donors (Lipinski definition) is 1. The summed E-state index contributed by atoms with van der Waals surface area (Å²) in [7, 11) is 0. The number of nitriles is 1. The largest absolute Gasteiger partial charge is 0.482 e. The van der Waals surface area contributed by atoms with Gasteiger partial charge in [0.05, 0.1) is 6.61 Å². The summed E-state index contributed by atoms with van der Waals surface area (Å²) in [6.45, 7) is 1.84. The highest BCUT2D eigenvalue weighted by molar-refractivity contribution is 9.10. The summed E-state index contributed by atoms with van der Waals surface area (Å²) in [5.41, 5.74) is 1.20. The molecule has 0 aliphatic carbocycles. The van der Waals surface area contributed by atoms with Gasteiger partial charge in [0.1, 0.15) is 17.4 Å². The van der Waals surface area contributed by atoms with Gasteiger partial charge in [-0.3, -0.25) is 4.79 Å². The quantitative estimate of drug-likeness (QED) is 0.409. The van der Waals surface area contributed by atoms with E-state index in [9.17, 15) is 14.9 Å². The van der Waals surface area contributed by atoms with Crippen LogP contribution < -0.4 is 10.1 Å². The molecule has 0 fully saturated rings. The maximum atomic E-state index is 12.3. The number of nitrogens with one attached hydrogen (secondary N) is 1. The molecule has 2 rings (SSSR count). The third kappa shape index (κ3) is 6.60. The zero-order valence-corrected chi connectivity index (χ0v) is 16.2. The number of benzene rings is 2. The van der Waals surface area contributed by atoms with Crippen LogP contribution in [-0.2, 0) is 14.3 Å². The molecule has 0 spiro atoms. The molecule has 138 valence electrons. The molecule has 27 heavy (non-hydrogen) atoms. The molecule has 0 saturated carbocycles. The molecule has 0 bridgehead atoms. The Labute approximate surface area is 165 Å². The molecule has 0 heterocycles. The van der Waals surface area contributed by atoms with Crippen molar-refractivity contribution >= 4 is 39.6 Å². The van der Waals surface area contributed by atoms with E-state index in [0.29, 0.717) is 23.6 Å². The minimum Gasteiger partial charge on any atom is -0.482 e. The van der Waals surface area contributed by atoms with Crippen LogP contribution in [0.3, 0.4) is 0 Å². The molecule has 0 aliphatic heterocycles. The highest BCUT2D eigenvalue weighted by Crippen LogP contribution is 2.18. The van der Waals surface area contributed by atoms with Gasteiger partial charge in [0.15, 0.2) is 6.61 Å². The Bertz CT molecular complexity index is 886. The summed E-state index contributed by atoms with van der Waals surface area (Å²) in [5, 5.41) is 12.0. The molecule has 7 heteroatoms. The molecular formula is C20H17BrN2O4. The van der Waals surface area contributed by atoms with Crippen molar-refractivity contribution in [3.63, 3.8) is 0 Å². The molecule has 0 atom stereocenters. The molecule has 0 aliphatic rings. The van der Waals surface area contributed by atoms with Crippen molar-refractivity contribution in [1.29, 1.82) is 5.26 Å². The number of anilines is 1. The summed E-state index contributed by atoms with van der Waals surface area (Å²) in [6.07, 6.45) is 1.47. The van der Waals surface area contributed by atoms with E-state index in [1.165, 1.54) is 6.08 Å². The number of amides is 1. The molecule has 1 N–H and O–H groups in total. The van der Waals surface area contributed by atoms with Crippen molar-refractivity contribution in [2.45, 2.75) is 6.92 Å². The van der Waals surface area contributed by atoms with E-state index < -0.39 is 11.9 Å². The zero-order chi connectivity index (χ0) is 19.6. The highest BCUT2D eigenvalue weighted by atomic mass is 79.9. The first-order valence-electron chi connectivity index (χ1n) is 8.09. The normalized spacial score (nSPS) is 10.6. The van der Waals surface area contributed by atoms with Crippen molar-refractivity contribution in [3.05, 3.63) is 64.1 Å². The van der Waals surface area contributed by atoms with Crippen molar-refractivity contribution in [2.75, 3.05) is 18.5 Å². The maximum absolute atomic E-state index is 12.3. The lowest BCUT2D eigenvalue weighted by molar-refractivity contribution is -0.145. The van der Waals surface area contributed by atoms with E-state index in [-0.39, 0.29) is 12.2 Å². The van der Waals surface area contributed by atoms with E-state index >= 15 is 0 Å². The fourth-order valence-corrected chi connectivity index (χ4v) is 2.48. The first-order chi connectivity index (χ1) is 13.0. The second-order valence-corrected chi connectivity index (χ2v) is 6.21. The molecule has 0 radical (unpaired) electrons. The van der Waals surface area contributed by atoms with Gasteiger partial charge in [-0.05, 0) is 48.9 Å². The van der Waals surface area contributed by atoms with Crippen LogP contribution in [0.1, 0.15) is 12.5 Å². The summed E-state index contributed by atoms with van der Waals surface area (Å²) < 4.78 is 10.9. The summed E-state index contributed by atoms with van der Waals surface area (Å²) >= 11 is 3.33. The molecule has 2 aromatic carbocycles. The van der Waals surface area contributed by atoms with E-state index in [2.05, 4.69) is 21.2 Å². The number of carbonyl (C=O) groups is 2. The molecule has 1 amide bonds. The van der Waals surface area contributed by atoms with E-state index in [4.69, 9.17) is 9.47 Å². The van der Waals surface area contributed by atoms with Crippen LogP contribution in [0, 0.1) is 11.3 Å². The second-order valence-electron chi connectivity index (χ2n) is 5.30. The Morgan fingerprint density at radius 1 is 1.22 bits per heavy atom. The molecule has 0 unspecified atom stereocenters. The number of hydrogen-bond acceptors (Lipinski definition) is 5. The smallest absolute Gasteiger partial charge is 0.344 e. The summed E-state index contributed by atoms with van der Waals surface area (Å²) in [4.78, 5) is 23.5. The molecular weight excluding hydrogens is 412 g/mol. The minimum atomic E-state index is -0.502. The monoisotopic (exact) mass is 428 g/mol. The minimum absolute atomic E-state index is 0.0323. The van der Waals surface area contributed by atoms with Gasteiger partial charge in [-0.1, -0.05) is 34.1 Å². The third-order valence-electron chi connectivity index (χ3n) is 3.30. The van der Waals surface area contributed by atoms with Crippen molar-refractivity contribution < 1.29 is 19.1 Å². The summed E-state index contributed by atoms with van der Waals surface area (Å²) in [6, 6.07) is 15.6. The van der Waals surface area contributed by atoms with Crippen LogP contribution in [0.2, 0.25) is 0 Å². The number of nitrogens with zero attached hydrogens (tertiary/aromatic N) is 1. The summed E-state index contributed by atoms with van der Waals surface area (Å²) in [5.74, 6) is -0.465. The van der Waals surface area contributed by atoms with Gasteiger partial charge in [0, 0.05) is 10.2 Å². The van der Waals surface area contributed by atoms with Gasteiger partial charge in [0.25, 0.3) is 5.91 Å². The number of halogens is 1. The maximum Gasteiger partial charge on any atom is 0.344 e. The van der Waals surface area contributed by atoms with Crippen LogP contribution in [-0.4, -0.2) is 25.1 Å². The lowest BCUT2D eigenvalue weighted by atomic mass is 10.1. The van der Waals surface area contributed by atoms with Crippen LogP contribution in [0.4, 0.5) is 5.69 Å². The van der Waals surface area contributed by atoms with Crippen LogP contribution in [0.5, 0.6) is 5.75 Å². The average molecular weight is 429 g/mol. The van der Waals surface area contributed by atoms with Crippen molar-refractivity contribution in [3.8, 4) is 11.8 Å². The Kier molecular flexibility index (Phi) is 7.59. The first kappa shape index (κ1) is 20.2. The van der Waals surface area contributed by atoms with Crippen LogP contribution >= 0.6 is 15.9 Å². The topological polar surface area (TPSA) is 88.4 Å². The standard InChI is InChI=1S/C20H17BrN2O4/c1-2-26-19(24)13-27-18-8-6-14(7-9-18)10-15(12-22)20(25)23-17-5-3-4-16(21)11-17/h3-11H,2,13H2,1H3,(H,23,25)/b15-10+. The van der Waals surface area contributed by atoms with E-state index in [1.807, 2.05) is 12.1 Å². The number of rotatable bonds is 7. The van der Waals surface area contributed by atoms with Gasteiger partial charge in [-0.25, -0.2) is 4.79 Å². The van der Waals surface area contributed by atoms with Crippen LogP contribution in [0.15, 0.2) is 58.6 Å². The third-order valence-corrected chi connectivity index (χ3v) is 3.79. The van der Waals surface area contributed by atoms with Gasteiger partial charge >= 0.3 is 5.97 Å². The lowest BCUT2D eigenvalue weighted by Gasteiger charge is -2.06. The number of ether oxygens (including phenoxy) is 2. The zero-order valence-electron chi connectivity index (χ0n) is 14.6. The Morgan fingerprint density at radius 3 is 2.59 bits per heavy atom. The predicted molar refractivity (Wildman–Crippen MR) is 105 cm³/mol. The molecule has 2 aromatic rings. The Balaban J connectivity index is 2.03. The predicted octanol–water partition coefficient (Wildman–Crippen LogP) is 3.94. The van der Waals surface area contributed by atoms with E-state index in [0.717, 1.165) is 4.47 Å². The molecule has 0 saturated heterocycles. The number of esters is 1. The molecule has 0 aromatic heterocycles. The lowest BCUT2D eigenvalue weighted by Crippen LogP contribution is -2.14. The van der Waals surface area contributed by atoms with Crippen molar-refractivity contribution in [1.82, 2.24) is 0 Å². The highest BCUT2D eigenvalue weighted by Gasteiger charge is 2.10. The molecule has 6 nitrogen and oxygen atoms in total. The first-order valence-corrected chi connectivity index (χ1v) is 8.88. The fraction of sp³-hybridized carbons (Fsp3) is 0.150. The Morgan fingerprint density at radius 2 is 1.96 bits per heavy atom. The second kappa shape index (κ2) is 10.1. The van der Waals surface area contributed by atoms with Gasteiger partial charge in [-0.15, -0.1) is 0 Å². The Hall–Kier alpha value is -3.11. The van der Waals surface area contributed by atoms with Crippen molar-refractivity contribution in [2.24, 2.45) is 0 Å². The number of carbonyl (C=O) groups excluding carboxylic acids is 2. The van der Waals surface area contributed by atoms with Gasteiger partial charge in [0.2, 0.25) is 0 Å². The van der Waals surface area contributed by atoms with Crippen LogP contribution in [0.25, 0.3) is 6.08 Å². The SMILES string of the molecule is CCOC(=O)COc1ccc(/C=C(\C#N)C(=O)Nc2cccc(Br)c2)cc1. The van der Waals surface area contributed by atoms with E-state index in [1.54, 1.807) is 49.4 Å². The van der Waals surface area contributed by atoms with Gasteiger partial charge < -0.3 is 14.8 Å². The fourth-order valence-electron chi connectivity index (χ4n) is 2.09. The average Bonchev–Trinajstić information content (AvgIpc) is 2.65.